The Labute approximate surface area is 218 Å². The second-order valence-electron chi connectivity index (χ2n) is 7.87. The Kier molecular flexibility index (Phi) is 8.30. The summed E-state index contributed by atoms with van der Waals surface area (Å²) in [6.07, 6.45) is 0.247. The molecule has 7 nitrogen and oxygen atoms in total. The highest BCUT2D eigenvalue weighted by Crippen LogP contribution is 2.28. The lowest BCUT2D eigenvalue weighted by Gasteiger charge is -2.13. The summed E-state index contributed by atoms with van der Waals surface area (Å²) in [6, 6.07) is 18.5. The highest BCUT2D eigenvalue weighted by atomic mass is 35.5. The van der Waals surface area contributed by atoms with Gasteiger partial charge in [0.1, 0.15) is 22.3 Å². The Morgan fingerprint density at radius 3 is 2.56 bits per heavy atom. The summed E-state index contributed by atoms with van der Waals surface area (Å²) in [4.78, 5) is -0.0491. The van der Waals surface area contributed by atoms with Gasteiger partial charge >= 0.3 is 0 Å². The molecule has 0 atom stereocenters. The van der Waals surface area contributed by atoms with Crippen molar-refractivity contribution in [1.29, 1.82) is 0 Å². The average molecular weight is 547 g/mol. The van der Waals surface area contributed by atoms with Crippen molar-refractivity contribution in [2.75, 3.05) is 13.7 Å². The predicted octanol–water partition coefficient (Wildman–Crippen LogP) is 5.19. The van der Waals surface area contributed by atoms with Crippen LogP contribution in [0.3, 0.4) is 0 Å². The maximum absolute atomic E-state index is 13.6. The number of rotatable bonds is 10. The molecule has 0 aliphatic heterocycles. The van der Waals surface area contributed by atoms with E-state index in [1.165, 1.54) is 54.3 Å². The fourth-order valence-electron chi connectivity index (χ4n) is 3.56. The average Bonchev–Trinajstić information content (AvgIpc) is 3.26. The zero-order valence-electron chi connectivity index (χ0n) is 19.6. The van der Waals surface area contributed by atoms with Crippen LogP contribution in [0, 0.1) is 12.7 Å². The van der Waals surface area contributed by atoms with Crippen LogP contribution in [-0.4, -0.2) is 36.8 Å². The van der Waals surface area contributed by atoms with Gasteiger partial charge in [-0.15, -0.1) is 10.2 Å². The first kappa shape index (κ1) is 26.2. The van der Waals surface area contributed by atoms with Crippen molar-refractivity contribution in [3.63, 3.8) is 0 Å². The minimum atomic E-state index is -3.89. The summed E-state index contributed by atoms with van der Waals surface area (Å²) in [5.41, 5.74) is 3.02. The molecular formula is C25H24ClFN4O3S2. The summed E-state index contributed by atoms with van der Waals surface area (Å²) in [7, 11) is -2.50. The number of thioether (sulfide) groups is 1. The molecule has 4 aromatic rings. The van der Waals surface area contributed by atoms with Gasteiger partial charge in [0.15, 0.2) is 5.16 Å². The van der Waals surface area contributed by atoms with Crippen molar-refractivity contribution >= 4 is 33.4 Å². The topological polar surface area (TPSA) is 86.1 Å². The van der Waals surface area contributed by atoms with Crippen LogP contribution in [0.15, 0.2) is 76.8 Å². The van der Waals surface area contributed by atoms with Crippen molar-refractivity contribution in [1.82, 2.24) is 19.5 Å². The van der Waals surface area contributed by atoms with E-state index in [9.17, 15) is 12.8 Å². The first-order valence-electron chi connectivity index (χ1n) is 11.0. The van der Waals surface area contributed by atoms with Gasteiger partial charge in [0.2, 0.25) is 10.0 Å². The summed E-state index contributed by atoms with van der Waals surface area (Å²) in [5.74, 6) is 1.05. The molecule has 1 N–H and O–H groups in total. The van der Waals surface area contributed by atoms with Gasteiger partial charge < -0.3 is 4.74 Å². The standard InChI is InChI=1S/C25H24ClFN4O3S2/c1-17-5-3-4-6-18(17)16-35-25-30-29-24(31(25)21-10-8-20(27)9-11-21)13-14-28-36(32,33)23-15-19(26)7-12-22(23)34-2/h3-12,15,28H,13-14,16H2,1-2H3. The number of aryl methyl sites for hydroxylation is 1. The molecule has 36 heavy (non-hydrogen) atoms. The largest absolute Gasteiger partial charge is 0.495 e. The van der Waals surface area contributed by atoms with Crippen LogP contribution in [0.1, 0.15) is 17.0 Å². The van der Waals surface area contributed by atoms with Gasteiger partial charge in [-0.25, -0.2) is 17.5 Å². The number of sulfonamides is 1. The number of nitrogens with one attached hydrogen (secondary N) is 1. The third-order valence-electron chi connectivity index (χ3n) is 5.46. The number of hydrogen-bond donors (Lipinski definition) is 1. The number of nitrogens with zero attached hydrogens (tertiary/aromatic N) is 3. The number of aromatic nitrogens is 3. The summed E-state index contributed by atoms with van der Waals surface area (Å²) < 4.78 is 49.0. The first-order chi connectivity index (χ1) is 17.3. The van der Waals surface area contributed by atoms with Crippen molar-refractivity contribution in [2.45, 2.75) is 29.1 Å². The first-order valence-corrected chi connectivity index (χ1v) is 13.8. The third-order valence-corrected chi connectivity index (χ3v) is 8.15. The van der Waals surface area contributed by atoms with Crippen molar-refractivity contribution in [2.24, 2.45) is 0 Å². The number of methoxy groups -OCH3 is 1. The van der Waals surface area contributed by atoms with Gasteiger partial charge in [0.25, 0.3) is 0 Å². The van der Waals surface area contributed by atoms with Crippen LogP contribution in [-0.2, 0) is 22.2 Å². The van der Waals surface area contributed by atoms with E-state index in [-0.39, 0.29) is 34.5 Å². The van der Waals surface area contributed by atoms with Crippen LogP contribution in [0.2, 0.25) is 5.02 Å². The van der Waals surface area contributed by atoms with Gasteiger partial charge in [-0.1, -0.05) is 47.6 Å². The third kappa shape index (κ3) is 6.07. The van der Waals surface area contributed by atoms with E-state index < -0.39 is 10.0 Å². The molecule has 11 heteroatoms. The van der Waals surface area contributed by atoms with E-state index in [2.05, 4.69) is 21.0 Å². The molecule has 0 saturated carbocycles. The molecule has 0 fully saturated rings. The van der Waals surface area contributed by atoms with Crippen LogP contribution < -0.4 is 9.46 Å². The van der Waals surface area contributed by atoms with Crippen molar-refractivity contribution in [3.8, 4) is 11.4 Å². The number of ether oxygens (including phenoxy) is 1. The Bertz CT molecular complexity index is 1460. The maximum Gasteiger partial charge on any atom is 0.244 e. The Morgan fingerprint density at radius 1 is 1.08 bits per heavy atom. The minimum absolute atomic E-state index is 0.0491. The normalized spacial score (nSPS) is 11.6. The fourth-order valence-corrected chi connectivity index (χ4v) is 6.06. The Hall–Kier alpha value is -2.92. The lowest BCUT2D eigenvalue weighted by Crippen LogP contribution is -2.27. The molecule has 1 heterocycles. The van der Waals surface area contributed by atoms with E-state index in [0.29, 0.717) is 22.4 Å². The van der Waals surface area contributed by atoms with Gasteiger partial charge in [0.05, 0.1) is 7.11 Å². The van der Waals surface area contributed by atoms with Gasteiger partial charge in [-0.05, 0) is 60.5 Å². The monoisotopic (exact) mass is 546 g/mol. The van der Waals surface area contributed by atoms with E-state index in [1.807, 2.05) is 29.7 Å². The molecule has 0 unspecified atom stereocenters. The van der Waals surface area contributed by atoms with Gasteiger partial charge in [-0.2, -0.15) is 0 Å². The van der Waals surface area contributed by atoms with Gasteiger partial charge in [-0.3, -0.25) is 4.57 Å². The molecule has 0 radical (unpaired) electrons. The lowest BCUT2D eigenvalue weighted by molar-refractivity contribution is 0.402. The summed E-state index contributed by atoms with van der Waals surface area (Å²) in [5, 5.41) is 9.55. The molecule has 188 valence electrons. The molecule has 0 spiro atoms. The quantitative estimate of drug-likeness (QED) is 0.275. The Morgan fingerprint density at radius 2 is 1.83 bits per heavy atom. The van der Waals surface area contributed by atoms with E-state index >= 15 is 0 Å². The van der Waals surface area contributed by atoms with E-state index in [4.69, 9.17) is 16.3 Å². The number of benzene rings is 3. The maximum atomic E-state index is 13.6. The molecule has 3 aromatic carbocycles. The van der Waals surface area contributed by atoms with Crippen LogP contribution >= 0.6 is 23.4 Å². The zero-order chi connectivity index (χ0) is 25.7. The molecule has 0 saturated heterocycles. The molecule has 0 amide bonds. The highest BCUT2D eigenvalue weighted by Gasteiger charge is 2.21. The summed E-state index contributed by atoms with van der Waals surface area (Å²) >= 11 is 7.50. The number of hydrogen-bond acceptors (Lipinski definition) is 6. The highest BCUT2D eigenvalue weighted by molar-refractivity contribution is 7.98. The molecule has 4 rings (SSSR count). The zero-order valence-corrected chi connectivity index (χ0v) is 22.0. The lowest BCUT2D eigenvalue weighted by atomic mass is 10.1. The number of halogens is 2. The van der Waals surface area contributed by atoms with Crippen LogP contribution in [0.4, 0.5) is 4.39 Å². The van der Waals surface area contributed by atoms with E-state index in [1.54, 1.807) is 18.2 Å². The molecule has 1 aromatic heterocycles. The second kappa shape index (κ2) is 11.4. The molecule has 0 aliphatic rings. The molecular weight excluding hydrogens is 523 g/mol. The summed E-state index contributed by atoms with van der Waals surface area (Å²) in [6.45, 7) is 2.10. The van der Waals surface area contributed by atoms with Crippen molar-refractivity contribution < 1.29 is 17.5 Å². The van der Waals surface area contributed by atoms with Crippen molar-refractivity contribution in [3.05, 3.63) is 94.5 Å². The Balaban J connectivity index is 1.56. The smallest absolute Gasteiger partial charge is 0.244 e. The SMILES string of the molecule is COc1ccc(Cl)cc1S(=O)(=O)NCCc1nnc(SCc2ccccc2C)n1-c1ccc(F)cc1. The van der Waals surface area contributed by atoms with Crippen LogP contribution in [0.5, 0.6) is 5.75 Å². The second-order valence-corrected chi connectivity index (χ2v) is 11.0. The predicted molar refractivity (Wildman–Crippen MR) is 139 cm³/mol. The van der Waals surface area contributed by atoms with E-state index in [0.717, 1.165) is 0 Å². The fraction of sp³-hybridized carbons (Fsp3) is 0.200. The molecule has 0 aliphatic carbocycles. The minimum Gasteiger partial charge on any atom is -0.495 e. The molecule has 0 bridgehead atoms. The van der Waals surface area contributed by atoms with Gasteiger partial charge in [0, 0.05) is 29.4 Å². The van der Waals surface area contributed by atoms with Crippen LogP contribution in [0.25, 0.3) is 5.69 Å².